The normalized spacial score (nSPS) is 21.0. The minimum atomic E-state index is -1.05. The first-order chi connectivity index (χ1) is 14.3. The third-order valence-corrected chi connectivity index (χ3v) is 5.23. The summed E-state index contributed by atoms with van der Waals surface area (Å²) in [6.45, 7) is 11.2. The molecule has 1 aliphatic carbocycles. The number of carbonyl (C=O) groups excluding carboxylic acids is 3. The first-order valence-electron chi connectivity index (χ1n) is 11.1. The lowest BCUT2D eigenvalue weighted by atomic mass is 9.81. The van der Waals surface area contributed by atoms with E-state index in [4.69, 9.17) is 9.84 Å². The number of ether oxygens (including phenoxy) is 1. The highest BCUT2D eigenvalue weighted by Crippen LogP contribution is 2.28. The second kappa shape index (κ2) is 11.9. The fourth-order valence-corrected chi connectivity index (χ4v) is 3.54. The quantitative estimate of drug-likeness (QED) is 0.434. The summed E-state index contributed by atoms with van der Waals surface area (Å²) in [7, 11) is 0. The van der Waals surface area contributed by atoms with Gasteiger partial charge in [0.2, 0.25) is 11.8 Å². The molecule has 2 atom stereocenters. The molecule has 9 heteroatoms. The maximum Gasteiger partial charge on any atom is 0.408 e. The summed E-state index contributed by atoms with van der Waals surface area (Å²) in [6.07, 6.45) is 2.74. The predicted octanol–water partition coefficient (Wildman–Crippen LogP) is 2.44. The van der Waals surface area contributed by atoms with Gasteiger partial charge in [-0.25, -0.2) is 4.79 Å². The van der Waals surface area contributed by atoms with Gasteiger partial charge in [0.05, 0.1) is 0 Å². The molecule has 4 N–H and O–H groups in total. The number of carboxylic acids is 1. The minimum Gasteiger partial charge on any atom is -0.480 e. The molecule has 0 aromatic rings. The van der Waals surface area contributed by atoms with Crippen LogP contribution in [0.25, 0.3) is 0 Å². The summed E-state index contributed by atoms with van der Waals surface area (Å²) in [5.74, 6) is -1.26. The van der Waals surface area contributed by atoms with Crippen molar-refractivity contribution in [2.45, 2.75) is 91.3 Å². The summed E-state index contributed by atoms with van der Waals surface area (Å²) >= 11 is 0. The largest absolute Gasteiger partial charge is 0.480 e. The Balaban J connectivity index is 2.49. The van der Waals surface area contributed by atoms with Crippen LogP contribution in [0.2, 0.25) is 0 Å². The van der Waals surface area contributed by atoms with Gasteiger partial charge in [0.15, 0.2) is 0 Å². The average molecular weight is 442 g/mol. The van der Waals surface area contributed by atoms with Crippen molar-refractivity contribution in [3.8, 4) is 0 Å². The molecule has 2 unspecified atom stereocenters. The van der Waals surface area contributed by atoms with Crippen LogP contribution in [0.15, 0.2) is 0 Å². The van der Waals surface area contributed by atoms with Gasteiger partial charge in [-0.05, 0) is 71.6 Å². The Hall–Kier alpha value is -2.32. The van der Waals surface area contributed by atoms with E-state index in [9.17, 15) is 19.2 Å². The fraction of sp³-hybridized carbons (Fsp3) is 0.818. The standard InChI is InChI=1S/C22H39N3O6/c1-13(2)11-17(25-21(30)31-22(4,5)6)19(27)23-12-15-7-9-16(10-8-15)18(26)24-14(3)20(28)29/h13-17H,7-12H2,1-6H3,(H,23,27)(H,24,26)(H,25,30)(H,28,29). The Morgan fingerprint density at radius 2 is 1.58 bits per heavy atom. The maximum absolute atomic E-state index is 12.7. The van der Waals surface area contributed by atoms with Gasteiger partial charge < -0.3 is 25.8 Å². The van der Waals surface area contributed by atoms with E-state index in [0.717, 1.165) is 12.8 Å². The number of nitrogens with one attached hydrogen (secondary N) is 3. The molecule has 1 rings (SSSR count). The van der Waals surface area contributed by atoms with Gasteiger partial charge in [0.25, 0.3) is 0 Å². The van der Waals surface area contributed by atoms with Crippen LogP contribution in [-0.4, -0.2) is 53.2 Å². The summed E-state index contributed by atoms with van der Waals surface area (Å²) in [5, 5.41) is 17.0. The van der Waals surface area contributed by atoms with E-state index in [1.54, 1.807) is 20.8 Å². The molecule has 0 bridgehead atoms. The van der Waals surface area contributed by atoms with Crippen LogP contribution in [-0.2, 0) is 19.1 Å². The van der Waals surface area contributed by atoms with E-state index in [1.807, 2.05) is 13.8 Å². The zero-order chi connectivity index (χ0) is 23.8. The third-order valence-electron chi connectivity index (χ3n) is 5.23. The summed E-state index contributed by atoms with van der Waals surface area (Å²) in [4.78, 5) is 47.8. The van der Waals surface area contributed by atoms with Gasteiger partial charge in [-0.15, -0.1) is 0 Å². The van der Waals surface area contributed by atoms with Crippen molar-refractivity contribution in [2.75, 3.05) is 6.54 Å². The van der Waals surface area contributed by atoms with Crippen molar-refractivity contribution in [1.82, 2.24) is 16.0 Å². The van der Waals surface area contributed by atoms with Crippen LogP contribution in [0.1, 0.15) is 73.6 Å². The van der Waals surface area contributed by atoms with Crippen molar-refractivity contribution in [3.63, 3.8) is 0 Å². The van der Waals surface area contributed by atoms with E-state index in [2.05, 4.69) is 16.0 Å². The number of carbonyl (C=O) groups is 4. The van der Waals surface area contributed by atoms with E-state index >= 15 is 0 Å². The molecule has 0 aromatic carbocycles. The molecule has 0 spiro atoms. The van der Waals surface area contributed by atoms with Gasteiger partial charge in [0, 0.05) is 12.5 Å². The predicted molar refractivity (Wildman–Crippen MR) is 116 cm³/mol. The van der Waals surface area contributed by atoms with E-state index < -0.39 is 29.7 Å². The third kappa shape index (κ3) is 10.5. The van der Waals surface area contributed by atoms with E-state index in [-0.39, 0.29) is 29.6 Å². The molecule has 1 saturated carbocycles. The molecular formula is C22H39N3O6. The second-order valence-electron chi connectivity index (χ2n) is 9.86. The highest BCUT2D eigenvalue weighted by molar-refractivity contribution is 5.86. The zero-order valence-corrected chi connectivity index (χ0v) is 19.6. The Kier molecular flexibility index (Phi) is 10.3. The lowest BCUT2D eigenvalue weighted by Crippen LogP contribution is -2.49. The Labute approximate surface area is 185 Å². The lowest BCUT2D eigenvalue weighted by molar-refractivity contribution is -0.142. The van der Waals surface area contributed by atoms with Gasteiger partial charge >= 0.3 is 12.1 Å². The molecule has 9 nitrogen and oxygen atoms in total. The molecule has 3 amide bonds. The SMILES string of the molecule is CC(C)CC(NC(=O)OC(C)(C)C)C(=O)NCC1CCC(C(=O)NC(C)C(=O)O)CC1. The van der Waals surface area contributed by atoms with Crippen LogP contribution in [0.5, 0.6) is 0 Å². The second-order valence-corrected chi connectivity index (χ2v) is 9.86. The highest BCUT2D eigenvalue weighted by Gasteiger charge is 2.29. The molecule has 0 aliphatic heterocycles. The topological polar surface area (TPSA) is 134 Å². The van der Waals surface area contributed by atoms with Crippen LogP contribution in [0.4, 0.5) is 4.79 Å². The minimum absolute atomic E-state index is 0.198. The Morgan fingerprint density at radius 3 is 2.06 bits per heavy atom. The van der Waals surface area contributed by atoms with Crippen LogP contribution < -0.4 is 16.0 Å². The molecule has 0 aromatic heterocycles. The van der Waals surface area contributed by atoms with Crippen LogP contribution >= 0.6 is 0 Å². The van der Waals surface area contributed by atoms with E-state index in [1.165, 1.54) is 6.92 Å². The molecular weight excluding hydrogens is 402 g/mol. The monoisotopic (exact) mass is 441 g/mol. The highest BCUT2D eigenvalue weighted by atomic mass is 16.6. The average Bonchev–Trinajstić information content (AvgIpc) is 2.63. The van der Waals surface area contributed by atoms with Crippen LogP contribution in [0, 0.1) is 17.8 Å². The lowest BCUT2D eigenvalue weighted by Gasteiger charge is -2.29. The number of aliphatic carboxylic acids is 1. The summed E-state index contributed by atoms with van der Waals surface area (Å²) < 4.78 is 5.27. The number of hydrogen-bond acceptors (Lipinski definition) is 5. The summed E-state index contributed by atoms with van der Waals surface area (Å²) in [5.41, 5.74) is -0.643. The molecule has 1 aliphatic rings. The smallest absolute Gasteiger partial charge is 0.408 e. The number of rotatable bonds is 9. The Morgan fingerprint density at radius 1 is 1.00 bits per heavy atom. The number of hydrogen-bond donors (Lipinski definition) is 4. The van der Waals surface area contributed by atoms with Crippen molar-refractivity contribution >= 4 is 23.9 Å². The van der Waals surface area contributed by atoms with Crippen LogP contribution in [0.3, 0.4) is 0 Å². The molecule has 0 heterocycles. The molecule has 31 heavy (non-hydrogen) atoms. The fourth-order valence-electron chi connectivity index (χ4n) is 3.54. The molecule has 1 fully saturated rings. The van der Waals surface area contributed by atoms with Gasteiger partial charge in [0.1, 0.15) is 17.7 Å². The van der Waals surface area contributed by atoms with Crippen molar-refractivity contribution in [1.29, 1.82) is 0 Å². The van der Waals surface area contributed by atoms with Crippen molar-refractivity contribution in [2.24, 2.45) is 17.8 Å². The van der Waals surface area contributed by atoms with Crippen molar-refractivity contribution in [3.05, 3.63) is 0 Å². The van der Waals surface area contributed by atoms with Crippen molar-refractivity contribution < 1.29 is 29.0 Å². The van der Waals surface area contributed by atoms with Gasteiger partial charge in [-0.2, -0.15) is 0 Å². The van der Waals surface area contributed by atoms with E-state index in [0.29, 0.717) is 25.8 Å². The number of amides is 3. The molecule has 178 valence electrons. The maximum atomic E-state index is 12.7. The molecule has 0 saturated heterocycles. The summed E-state index contributed by atoms with van der Waals surface area (Å²) in [6, 6.07) is -1.57. The molecule has 0 radical (unpaired) electrons. The number of alkyl carbamates (subject to hydrolysis) is 1. The first kappa shape index (κ1) is 26.7. The van der Waals surface area contributed by atoms with Gasteiger partial charge in [-0.3, -0.25) is 14.4 Å². The number of carboxylic acid groups (broad SMARTS) is 1. The zero-order valence-electron chi connectivity index (χ0n) is 19.6. The van der Waals surface area contributed by atoms with Gasteiger partial charge in [-0.1, -0.05) is 13.8 Å². The Bertz CT molecular complexity index is 636. The first-order valence-corrected chi connectivity index (χ1v) is 11.1.